The number of rotatable bonds is 2. The van der Waals surface area contributed by atoms with Gasteiger partial charge in [-0.05, 0) is 39.5 Å². The van der Waals surface area contributed by atoms with E-state index < -0.39 is 11.2 Å². The van der Waals surface area contributed by atoms with Gasteiger partial charge in [0.15, 0.2) is 0 Å². The number of thiazole rings is 1. The van der Waals surface area contributed by atoms with Crippen molar-refractivity contribution in [3.05, 3.63) is 16.6 Å². The van der Waals surface area contributed by atoms with Crippen molar-refractivity contribution in [2.24, 2.45) is 5.92 Å². The van der Waals surface area contributed by atoms with Crippen LogP contribution in [0.5, 0.6) is 0 Å². The number of carbonyl (C=O) groups excluding carboxylic acids is 2. The summed E-state index contributed by atoms with van der Waals surface area (Å²) in [6.45, 7) is 7.31. The molecule has 25 heavy (non-hydrogen) atoms. The molecule has 138 valence electrons. The third kappa shape index (κ3) is 3.95. The van der Waals surface area contributed by atoms with Crippen molar-refractivity contribution in [3.8, 4) is 0 Å². The Labute approximate surface area is 151 Å². The number of carbonyl (C=O) groups is 2. The van der Waals surface area contributed by atoms with E-state index in [0.717, 1.165) is 17.8 Å². The first kappa shape index (κ1) is 18.1. The smallest absolute Gasteiger partial charge is 0.410 e. The molecule has 3 rings (SSSR count). The predicted octanol–water partition coefficient (Wildman–Crippen LogP) is 2.13. The number of amides is 2. The van der Waals surface area contributed by atoms with Crippen LogP contribution in [0.25, 0.3) is 0 Å². The van der Waals surface area contributed by atoms with Crippen LogP contribution in [-0.4, -0.2) is 53.7 Å². The largest absolute Gasteiger partial charge is 0.444 e. The molecule has 1 atom stereocenters. The maximum atomic E-state index is 12.3. The minimum absolute atomic E-state index is 0.0475. The fraction of sp³-hybridized carbons (Fsp3) is 0.706. The van der Waals surface area contributed by atoms with Crippen LogP contribution in [-0.2, 0) is 19.9 Å². The van der Waals surface area contributed by atoms with E-state index in [1.165, 1.54) is 0 Å². The normalized spacial score (nSPS) is 25.6. The van der Waals surface area contributed by atoms with Crippen molar-refractivity contribution in [1.29, 1.82) is 0 Å². The van der Waals surface area contributed by atoms with Gasteiger partial charge in [-0.15, -0.1) is 11.3 Å². The molecule has 8 heteroatoms. The molecule has 0 bridgehead atoms. The molecule has 2 aliphatic heterocycles. The molecule has 0 radical (unpaired) electrons. The quantitative estimate of drug-likeness (QED) is 0.866. The zero-order chi connectivity index (χ0) is 18.1. The Kier molecular flexibility index (Phi) is 5.02. The lowest BCUT2D eigenvalue weighted by atomic mass is 9.79. The SMILES string of the molecule is CC(C)(C)OC(=O)N1CCC(C2(c3nccs3)CNC(=O)CO2)CC1. The van der Waals surface area contributed by atoms with E-state index in [1.807, 2.05) is 26.2 Å². The lowest BCUT2D eigenvalue weighted by molar-refractivity contribution is -0.158. The summed E-state index contributed by atoms with van der Waals surface area (Å²) in [7, 11) is 0. The van der Waals surface area contributed by atoms with Crippen LogP contribution in [0, 0.1) is 5.92 Å². The molecular weight excluding hydrogens is 342 g/mol. The number of likely N-dealkylation sites (tertiary alicyclic amines) is 1. The molecule has 0 aromatic carbocycles. The van der Waals surface area contributed by atoms with E-state index in [9.17, 15) is 9.59 Å². The molecule has 7 nitrogen and oxygen atoms in total. The lowest BCUT2D eigenvalue weighted by Gasteiger charge is -2.45. The van der Waals surface area contributed by atoms with Gasteiger partial charge in [-0.2, -0.15) is 0 Å². The molecule has 1 unspecified atom stereocenters. The highest BCUT2D eigenvalue weighted by atomic mass is 32.1. The van der Waals surface area contributed by atoms with Gasteiger partial charge in [-0.1, -0.05) is 0 Å². The summed E-state index contributed by atoms with van der Waals surface area (Å²) in [6, 6.07) is 0. The Balaban J connectivity index is 1.69. The maximum absolute atomic E-state index is 12.3. The van der Waals surface area contributed by atoms with E-state index >= 15 is 0 Å². The first-order chi connectivity index (χ1) is 11.8. The first-order valence-electron chi connectivity index (χ1n) is 8.59. The van der Waals surface area contributed by atoms with Crippen LogP contribution in [0.4, 0.5) is 4.79 Å². The maximum Gasteiger partial charge on any atom is 0.410 e. The van der Waals surface area contributed by atoms with Gasteiger partial charge < -0.3 is 19.7 Å². The van der Waals surface area contributed by atoms with Crippen molar-refractivity contribution >= 4 is 23.3 Å². The molecule has 0 saturated carbocycles. The molecule has 0 aliphatic carbocycles. The third-order valence-electron chi connectivity index (χ3n) is 4.61. The second-order valence-corrected chi connectivity index (χ2v) is 8.43. The Morgan fingerprint density at radius 3 is 2.68 bits per heavy atom. The zero-order valence-electron chi connectivity index (χ0n) is 14.9. The van der Waals surface area contributed by atoms with Gasteiger partial charge in [0.1, 0.15) is 22.8 Å². The molecule has 1 N–H and O–H groups in total. The van der Waals surface area contributed by atoms with Crippen molar-refractivity contribution in [2.45, 2.75) is 44.8 Å². The van der Waals surface area contributed by atoms with Gasteiger partial charge in [0.2, 0.25) is 5.91 Å². The van der Waals surface area contributed by atoms with E-state index in [-0.39, 0.29) is 24.5 Å². The van der Waals surface area contributed by atoms with Crippen LogP contribution in [0.15, 0.2) is 11.6 Å². The van der Waals surface area contributed by atoms with Gasteiger partial charge in [-0.3, -0.25) is 4.79 Å². The number of hydrogen-bond acceptors (Lipinski definition) is 6. The molecule has 2 aliphatic rings. The molecule has 2 amide bonds. The van der Waals surface area contributed by atoms with Gasteiger partial charge >= 0.3 is 6.09 Å². The molecular formula is C17H25N3O4S. The second kappa shape index (κ2) is 6.92. The minimum atomic E-state index is -0.595. The van der Waals surface area contributed by atoms with E-state index in [1.54, 1.807) is 22.4 Å². The summed E-state index contributed by atoms with van der Waals surface area (Å²) in [6.07, 6.45) is 3.06. The number of ether oxygens (including phenoxy) is 2. The topological polar surface area (TPSA) is 80.8 Å². The van der Waals surface area contributed by atoms with Crippen molar-refractivity contribution in [2.75, 3.05) is 26.2 Å². The van der Waals surface area contributed by atoms with Crippen LogP contribution < -0.4 is 5.32 Å². The van der Waals surface area contributed by atoms with Gasteiger partial charge in [0.25, 0.3) is 0 Å². The summed E-state index contributed by atoms with van der Waals surface area (Å²) in [5, 5.41) is 5.74. The summed E-state index contributed by atoms with van der Waals surface area (Å²) < 4.78 is 11.5. The molecule has 3 heterocycles. The Morgan fingerprint density at radius 1 is 1.44 bits per heavy atom. The number of morpholine rings is 1. The molecule has 1 aromatic rings. The number of piperidine rings is 1. The third-order valence-corrected chi connectivity index (χ3v) is 5.54. The minimum Gasteiger partial charge on any atom is -0.444 e. The van der Waals surface area contributed by atoms with E-state index in [2.05, 4.69) is 10.3 Å². The Hall–Kier alpha value is -1.67. The van der Waals surface area contributed by atoms with Crippen molar-refractivity contribution in [1.82, 2.24) is 15.2 Å². The van der Waals surface area contributed by atoms with E-state index in [4.69, 9.17) is 9.47 Å². The zero-order valence-corrected chi connectivity index (χ0v) is 15.7. The van der Waals surface area contributed by atoms with Crippen molar-refractivity contribution in [3.63, 3.8) is 0 Å². The number of nitrogens with one attached hydrogen (secondary N) is 1. The molecule has 1 aromatic heterocycles. The summed E-state index contributed by atoms with van der Waals surface area (Å²) in [5.74, 6) is 0.0938. The highest BCUT2D eigenvalue weighted by Crippen LogP contribution is 2.41. The molecule has 0 spiro atoms. The second-order valence-electron chi connectivity index (χ2n) is 7.53. The highest BCUT2D eigenvalue weighted by molar-refractivity contribution is 7.09. The average molecular weight is 367 g/mol. The molecule has 2 saturated heterocycles. The average Bonchev–Trinajstić information content (AvgIpc) is 3.09. The van der Waals surface area contributed by atoms with E-state index in [0.29, 0.717) is 19.6 Å². The summed E-state index contributed by atoms with van der Waals surface area (Å²) >= 11 is 1.55. The summed E-state index contributed by atoms with van der Waals surface area (Å²) in [5.41, 5.74) is -1.09. The lowest BCUT2D eigenvalue weighted by Crippen LogP contribution is -2.56. The summed E-state index contributed by atoms with van der Waals surface area (Å²) in [4.78, 5) is 30.0. The fourth-order valence-electron chi connectivity index (χ4n) is 3.39. The number of nitrogens with zero attached hydrogens (tertiary/aromatic N) is 2. The standard InChI is InChI=1S/C17H25N3O4S/c1-16(2,3)24-15(22)20-7-4-12(5-8-20)17(14-18-6-9-25-14)11-19-13(21)10-23-17/h6,9,12H,4-5,7-8,10-11H2,1-3H3,(H,19,21). The van der Waals surface area contributed by atoms with Crippen LogP contribution in [0.3, 0.4) is 0 Å². The Bertz CT molecular complexity index is 608. The Morgan fingerprint density at radius 2 is 2.16 bits per heavy atom. The monoisotopic (exact) mass is 367 g/mol. The number of aromatic nitrogens is 1. The van der Waals surface area contributed by atoms with Gasteiger partial charge in [0.05, 0.1) is 6.54 Å². The number of hydrogen-bond donors (Lipinski definition) is 1. The van der Waals surface area contributed by atoms with Gasteiger partial charge in [-0.25, -0.2) is 9.78 Å². The first-order valence-corrected chi connectivity index (χ1v) is 9.47. The van der Waals surface area contributed by atoms with Gasteiger partial charge in [0, 0.05) is 24.7 Å². The molecule has 2 fully saturated rings. The highest BCUT2D eigenvalue weighted by Gasteiger charge is 2.48. The van der Waals surface area contributed by atoms with Crippen LogP contribution in [0.1, 0.15) is 38.6 Å². The fourth-order valence-corrected chi connectivity index (χ4v) is 4.26. The van der Waals surface area contributed by atoms with Crippen LogP contribution >= 0.6 is 11.3 Å². The predicted molar refractivity (Wildman–Crippen MR) is 93.3 cm³/mol. The van der Waals surface area contributed by atoms with Crippen molar-refractivity contribution < 1.29 is 19.1 Å². The van der Waals surface area contributed by atoms with Crippen LogP contribution in [0.2, 0.25) is 0 Å².